The minimum Gasteiger partial charge on any atom is -0.495 e. The van der Waals surface area contributed by atoms with E-state index in [2.05, 4.69) is 15.6 Å². The van der Waals surface area contributed by atoms with Gasteiger partial charge >= 0.3 is 0 Å². The van der Waals surface area contributed by atoms with E-state index in [0.717, 1.165) is 11.4 Å². The van der Waals surface area contributed by atoms with Crippen LogP contribution in [-0.4, -0.2) is 18.0 Å². The Morgan fingerprint density at radius 2 is 2.12 bits per heavy atom. The van der Waals surface area contributed by atoms with E-state index in [1.807, 2.05) is 12.1 Å². The van der Waals surface area contributed by atoms with E-state index in [1.165, 1.54) is 7.11 Å². The molecule has 6 nitrogen and oxygen atoms in total. The third kappa shape index (κ3) is 4.30. The molecule has 2 aromatic heterocycles. The van der Waals surface area contributed by atoms with Crippen molar-refractivity contribution in [2.45, 2.75) is 6.54 Å². The first kappa shape index (κ1) is 16.9. The van der Waals surface area contributed by atoms with Crippen LogP contribution in [0.25, 0.3) is 0 Å². The van der Waals surface area contributed by atoms with Gasteiger partial charge in [-0.3, -0.25) is 9.78 Å². The third-order valence-electron chi connectivity index (χ3n) is 3.45. The highest BCUT2D eigenvalue weighted by molar-refractivity contribution is 6.32. The number of aromatic nitrogens is 1. The Kier molecular flexibility index (Phi) is 5.20. The number of nitrogens with zero attached hydrogens (tertiary/aromatic N) is 1. The molecule has 0 unspecified atom stereocenters. The molecule has 0 aliphatic carbocycles. The van der Waals surface area contributed by atoms with Gasteiger partial charge < -0.3 is 19.8 Å². The molecule has 0 atom stereocenters. The lowest BCUT2D eigenvalue weighted by Crippen LogP contribution is -2.14. The van der Waals surface area contributed by atoms with Crippen molar-refractivity contribution in [1.29, 1.82) is 0 Å². The second kappa shape index (κ2) is 7.72. The SMILES string of the molecule is COc1ccc(NC(=O)c2cc(NCc3ccco3)ccn2)cc1Cl. The molecule has 2 heterocycles. The van der Waals surface area contributed by atoms with Gasteiger partial charge in [0, 0.05) is 17.6 Å². The van der Waals surface area contributed by atoms with Crippen LogP contribution in [0.5, 0.6) is 5.75 Å². The number of nitrogens with one attached hydrogen (secondary N) is 2. The zero-order valence-corrected chi connectivity index (χ0v) is 14.2. The van der Waals surface area contributed by atoms with Crippen molar-refractivity contribution < 1.29 is 13.9 Å². The number of halogens is 1. The van der Waals surface area contributed by atoms with Crippen molar-refractivity contribution in [2.24, 2.45) is 0 Å². The monoisotopic (exact) mass is 357 g/mol. The molecule has 0 aliphatic rings. The summed E-state index contributed by atoms with van der Waals surface area (Å²) >= 11 is 6.06. The molecule has 0 fully saturated rings. The van der Waals surface area contributed by atoms with E-state index >= 15 is 0 Å². The molecule has 0 bridgehead atoms. The van der Waals surface area contributed by atoms with Crippen molar-refractivity contribution in [1.82, 2.24) is 4.98 Å². The van der Waals surface area contributed by atoms with Crippen LogP contribution in [0.2, 0.25) is 5.02 Å². The van der Waals surface area contributed by atoms with Gasteiger partial charge in [-0.1, -0.05) is 11.6 Å². The molecule has 7 heteroatoms. The van der Waals surface area contributed by atoms with Gasteiger partial charge in [0.05, 0.1) is 24.9 Å². The van der Waals surface area contributed by atoms with Crippen molar-refractivity contribution >= 4 is 28.9 Å². The van der Waals surface area contributed by atoms with Gasteiger partial charge in [0.25, 0.3) is 5.91 Å². The fourth-order valence-electron chi connectivity index (χ4n) is 2.21. The summed E-state index contributed by atoms with van der Waals surface area (Å²) in [5.74, 6) is 1.01. The van der Waals surface area contributed by atoms with Gasteiger partial charge in [-0.05, 0) is 42.5 Å². The normalized spacial score (nSPS) is 10.3. The van der Waals surface area contributed by atoms with Crippen LogP contribution in [0.1, 0.15) is 16.2 Å². The lowest BCUT2D eigenvalue weighted by Gasteiger charge is -2.09. The molecule has 1 amide bonds. The lowest BCUT2D eigenvalue weighted by molar-refractivity contribution is 0.102. The number of pyridine rings is 1. The zero-order chi connectivity index (χ0) is 17.6. The van der Waals surface area contributed by atoms with Crippen LogP contribution in [0, 0.1) is 0 Å². The van der Waals surface area contributed by atoms with E-state index in [9.17, 15) is 4.79 Å². The highest BCUT2D eigenvalue weighted by Gasteiger charge is 2.10. The summed E-state index contributed by atoms with van der Waals surface area (Å²) in [5.41, 5.74) is 1.62. The topological polar surface area (TPSA) is 76.4 Å². The molecule has 0 saturated heterocycles. The molecule has 3 rings (SSSR count). The zero-order valence-electron chi connectivity index (χ0n) is 13.5. The molecule has 128 valence electrons. The van der Waals surface area contributed by atoms with Crippen molar-refractivity contribution in [3.05, 3.63) is 71.4 Å². The minimum absolute atomic E-state index is 0.288. The number of anilines is 2. The van der Waals surface area contributed by atoms with Gasteiger partial charge in [0.15, 0.2) is 0 Å². The number of carbonyl (C=O) groups excluding carboxylic acids is 1. The van der Waals surface area contributed by atoms with Gasteiger partial charge in [0.1, 0.15) is 17.2 Å². The Morgan fingerprint density at radius 3 is 2.84 bits per heavy atom. The quantitative estimate of drug-likeness (QED) is 0.691. The number of furan rings is 1. The molecule has 2 N–H and O–H groups in total. The first-order valence-corrected chi connectivity index (χ1v) is 7.90. The molecular weight excluding hydrogens is 342 g/mol. The van der Waals surface area contributed by atoms with Crippen molar-refractivity contribution in [3.63, 3.8) is 0 Å². The smallest absolute Gasteiger partial charge is 0.274 e. The van der Waals surface area contributed by atoms with Crippen LogP contribution in [0.15, 0.2) is 59.3 Å². The summed E-state index contributed by atoms with van der Waals surface area (Å²) in [6, 6.07) is 12.2. The second-order valence-electron chi connectivity index (χ2n) is 5.17. The molecule has 0 aliphatic heterocycles. The number of ether oxygens (including phenoxy) is 1. The largest absolute Gasteiger partial charge is 0.495 e. The van der Waals surface area contributed by atoms with Gasteiger partial charge in [-0.15, -0.1) is 0 Å². The molecule has 1 aromatic carbocycles. The number of hydrogen-bond acceptors (Lipinski definition) is 5. The molecule has 0 radical (unpaired) electrons. The van der Waals surface area contributed by atoms with E-state index in [-0.39, 0.29) is 11.6 Å². The molecule has 3 aromatic rings. The number of hydrogen-bond donors (Lipinski definition) is 2. The van der Waals surface area contributed by atoms with Crippen LogP contribution < -0.4 is 15.4 Å². The number of amides is 1. The fraction of sp³-hybridized carbons (Fsp3) is 0.111. The molecule has 0 spiro atoms. The maximum absolute atomic E-state index is 12.4. The van der Waals surface area contributed by atoms with Gasteiger partial charge in [0.2, 0.25) is 0 Å². The Bertz CT molecular complexity index is 866. The summed E-state index contributed by atoms with van der Waals surface area (Å²) in [6.45, 7) is 0.520. The molecule has 0 saturated carbocycles. The number of benzene rings is 1. The highest BCUT2D eigenvalue weighted by Crippen LogP contribution is 2.27. The Hall–Kier alpha value is -2.99. The van der Waals surface area contributed by atoms with Crippen LogP contribution >= 0.6 is 11.6 Å². The Labute approximate surface area is 149 Å². The number of rotatable bonds is 6. The summed E-state index contributed by atoms with van der Waals surface area (Å²) in [6.07, 6.45) is 3.18. The molecular formula is C18H16ClN3O3. The van der Waals surface area contributed by atoms with Crippen molar-refractivity contribution in [2.75, 3.05) is 17.7 Å². The van der Waals surface area contributed by atoms with E-state index in [0.29, 0.717) is 23.0 Å². The number of methoxy groups -OCH3 is 1. The summed E-state index contributed by atoms with van der Waals surface area (Å²) in [7, 11) is 1.53. The predicted molar refractivity (Wildman–Crippen MR) is 96.2 cm³/mol. The fourth-order valence-corrected chi connectivity index (χ4v) is 2.46. The van der Waals surface area contributed by atoms with Crippen LogP contribution in [0.3, 0.4) is 0 Å². The summed E-state index contributed by atoms with van der Waals surface area (Å²) in [5, 5.41) is 6.36. The number of carbonyl (C=O) groups is 1. The second-order valence-corrected chi connectivity index (χ2v) is 5.57. The highest BCUT2D eigenvalue weighted by atomic mass is 35.5. The van der Waals surface area contributed by atoms with Gasteiger partial charge in [-0.25, -0.2) is 0 Å². The predicted octanol–water partition coefficient (Wildman–Crippen LogP) is 4.20. The van der Waals surface area contributed by atoms with Crippen LogP contribution in [0.4, 0.5) is 11.4 Å². The maximum atomic E-state index is 12.4. The van der Waals surface area contributed by atoms with E-state index in [1.54, 1.807) is 42.8 Å². The lowest BCUT2D eigenvalue weighted by atomic mass is 10.2. The Balaban J connectivity index is 1.67. The summed E-state index contributed by atoms with van der Waals surface area (Å²) in [4.78, 5) is 16.5. The Morgan fingerprint density at radius 1 is 1.24 bits per heavy atom. The van der Waals surface area contributed by atoms with Crippen LogP contribution in [-0.2, 0) is 6.54 Å². The van der Waals surface area contributed by atoms with E-state index < -0.39 is 0 Å². The standard InChI is InChI=1S/C18H16ClN3O3/c1-24-17-5-4-13(9-15(17)19)22-18(23)16-10-12(6-7-20-16)21-11-14-3-2-8-25-14/h2-10H,11H2,1H3,(H,20,21)(H,22,23). The van der Waals surface area contributed by atoms with E-state index in [4.69, 9.17) is 20.8 Å². The maximum Gasteiger partial charge on any atom is 0.274 e. The van der Waals surface area contributed by atoms with Gasteiger partial charge in [-0.2, -0.15) is 0 Å². The van der Waals surface area contributed by atoms with Crippen molar-refractivity contribution in [3.8, 4) is 5.75 Å². The molecule has 25 heavy (non-hydrogen) atoms. The average molecular weight is 358 g/mol. The third-order valence-corrected chi connectivity index (χ3v) is 3.74. The minimum atomic E-state index is -0.331. The first-order valence-electron chi connectivity index (χ1n) is 7.53. The first-order chi connectivity index (χ1) is 12.2. The summed E-state index contributed by atoms with van der Waals surface area (Å²) < 4.78 is 10.4. The average Bonchev–Trinajstić information content (AvgIpc) is 3.14.